The molecule has 0 atom stereocenters. The minimum absolute atomic E-state index is 0.621. The number of para-hydroxylation sites is 1. The van der Waals surface area contributed by atoms with E-state index in [-0.39, 0.29) is 0 Å². The first kappa shape index (κ1) is 13.5. The summed E-state index contributed by atoms with van der Waals surface area (Å²) in [6.07, 6.45) is 0.826. The molecule has 0 spiro atoms. The first-order valence-electron chi connectivity index (χ1n) is 6.92. The maximum atomic E-state index is 5.51. The molecule has 0 fully saturated rings. The third-order valence-corrected chi connectivity index (χ3v) is 3.37. The van der Waals surface area contributed by atoms with Crippen LogP contribution in [-0.2, 0) is 6.42 Å². The van der Waals surface area contributed by atoms with Crippen molar-refractivity contribution in [3.63, 3.8) is 0 Å². The Morgan fingerprint density at radius 3 is 2.67 bits per heavy atom. The lowest BCUT2D eigenvalue weighted by Gasteiger charge is -2.10. The van der Waals surface area contributed by atoms with Crippen LogP contribution in [0, 0.1) is 6.92 Å². The standard InChI is InChI=1S/C16H17N5/c1-3-11-9-15(21-17)20-16(19-11)13-8-10(2)18-14-7-5-4-6-12(13)14/h4-9H,3,17H2,1-2H3,(H,19,20,21). The number of aromatic nitrogens is 3. The molecular weight excluding hydrogens is 262 g/mol. The van der Waals surface area contributed by atoms with Crippen molar-refractivity contribution in [1.29, 1.82) is 0 Å². The van der Waals surface area contributed by atoms with E-state index in [9.17, 15) is 0 Å². The van der Waals surface area contributed by atoms with Gasteiger partial charge in [-0.05, 0) is 25.5 Å². The van der Waals surface area contributed by atoms with Gasteiger partial charge in [-0.2, -0.15) is 0 Å². The first-order chi connectivity index (χ1) is 10.2. The predicted octanol–water partition coefficient (Wildman–Crippen LogP) is 2.85. The predicted molar refractivity (Wildman–Crippen MR) is 84.7 cm³/mol. The fraction of sp³-hybridized carbons (Fsp3) is 0.188. The molecule has 3 aromatic rings. The molecule has 5 heteroatoms. The van der Waals surface area contributed by atoms with Crippen molar-refractivity contribution in [3.05, 3.63) is 47.8 Å². The van der Waals surface area contributed by atoms with Gasteiger partial charge in [0.2, 0.25) is 0 Å². The number of hydrazine groups is 1. The Kier molecular flexibility index (Phi) is 3.50. The third kappa shape index (κ3) is 2.55. The molecular formula is C16H17N5. The normalized spacial score (nSPS) is 10.8. The molecule has 0 radical (unpaired) electrons. The van der Waals surface area contributed by atoms with Crippen LogP contribution in [0.25, 0.3) is 22.3 Å². The summed E-state index contributed by atoms with van der Waals surface area (Å²) < 4.78 is 0. The van der Waals surface area contributed by atoms with E-state index in [1.165, 1.54) is 0 Å². The van der Waals surface area contributed by atoms with Crippen LogP contribution in [0.2, 0.25) is 0 Å². The summed E-state index contributed by atoms with van der Waals surface area (Å²) >= 11 is 0. The van der Waals surface area contributed by atoms with Gasteiger partial charge in [-0.25, -0.2) is 15.8 Å². The molecule has 0 bridgehead atoms. The van der Waals surface area contributed by atoms with Crippen LogP contribution in [0.4, 0.5) is 5.82 Å². The molecule has 3 rings (SSSR count). The van der Waals surface area contributed by atoms with Gasteiger partial charge in [0.15, 0.2) is 5.82 Å². The fourth-order valence-corrected chi connectivity index (χ4v) is 2.37. The number of rotatable bonds is 3. The van der Waals surface area contributed by atoms with Crippen LogP contribution >= 0.6 is 0 Å². The Morgan fingerprint density at radius 1 is 1.10 bits per heavy atom. The monoisotopic (exact) mass is 279 g/mol. The zero-order valence-corrected chi connectivity index (χ0v) is 12.1. The number of hydrogen-bond acceptors (Lipinski definition) is 5. The highest BCUT2D eigenvalue weighted by molar-refractivity contribution is 5.93. The molecule has 0 aliphatic rings. The molecule has 1 aromatic carbocycles. The number of fused-ring (bicyclic) bond motifs is 1. The SMILES string of the molecule is CCc1cc(NN)nc(-c2cc(C)nc3ccccc23)n1. The summed E-state index contributed by atoms with van der Waals surface area (Å²) in [6.45, 7) is 4.03. The van der Waals surface area contributed by atoms with Crippen LogP contribution < -0.4 is 11.3 Å². The minimum Gasteiger partial charge on any atom is -0.308 e. The molecule has 0 saturated heterocycles. The fourth-order valence-electron chi connectivity index (χ4n) is 2.37. The molecule has 3 N–H and O–H groups in total. The number of nitrogens with two attached hydrogens (primary N) is 1. The van der Waals surface area contributed by atoms with E-state index in [1.807, 2.05) is 43.3 Å². The Morgan fingerprint density at radius 2 is 1.90 bits per heavy atom. The second-order valence-corrected chi connectivity index (χ2v) is 4.89. The average Bonchev–Trinajstić information content (AvgIpc) is 2.53. The topological polar surface area (TPSA) is 76.7 Å². The van der Waals surface area contributed by atoms with E-state index in [2.05, 4.69) is 27.3 Å². The summed E-state index contributed by atoms with van der Waals surface area (Å²) in [4.78, 5) is 13.7. The molecule has 0 aliphatic carbocycles. The third-order valence-electron chi connectivity index (χ3n) is 3.37. The van der Waals surface area contributed by atoms with Crippen LogP contribution in [0.3, 0.4) is 0 Å². The molecule has 2 heterocycles. The quantitative estimate of drug-likeness (QED) is 0.569. The van der Waals surface area contributed by atoms with E-state index < -0.39 is 0 Å². The van der Waals surface area contributed by atoms with Crippen molar-refractivity contribution in [2.75, 3.05) is 5.43 Å². The molecule has 0 amide bonds. The maximum Gasteiger partial charge on any atom is 0.162 e. The van der Waals surface area contributed by atoms with Gasteiger partial charge in [0.05, 0.1) is 5.52 Å². The Labute approximate surface area is 123 Å². The van der Waals surface area contributed by atoms with E-state index in [4.69, 9.17) is 5.84 Å². The molecule has 106 valence electrons. The van der Waals surface area contributed by atoms with E-state index in [0.29, 0.717) is 11.6 Å². The first-order valence-corrected chi connectivity index (χ1v) is 6.92. The molecule has 21 heavy (non-hydrogen) atoms. The van der Waals surface area contributed by atoms with Crippen molar-refractivity contribution < 1.29 is 0 Å². The van der Waals surface area contributed by atoms with Gasteiger partial charge >= 0.3 is 0 Å². The minimum atomic E-state index is 0.621. The van der Waals surface area contributed by atoms with Gasteiger partial charge in [0, 0.05) is 28.4 Å². The average molecular weight is 279 g/mol. The number of benzene rings is 1. The van der Waals surface area contributed by atoms with E-state index >= 15 is 0 Å². The maximum absolute atomic E-state index is 5.51. The largest absolute Gasteiger partial charge is 0.308 e. The summed E-state index contributed by atoms with van der Waals surface area (Å²) in [7, 11) is 0. The second-order valence-electron chi connectivity index (χ2n) is 4.89. The summed E-state index contributed by atoms with van der Waals surface area (Å²) in [5.74, 6) is 6.80. The van der Waals surface area contributed by atoms with Crippen molar-refractivity contribution in [1.82, 2.24) is 15.0 Å². The lowest BCUT2D eigenvalue weighted by Crippen LogP contribution is -2.10. The zero-order chi connectivity index (χ0) is 14.8. The summed E-state index contributed by atoms with van der Waals surface area (Å²) in [6, 6.07) is 11.9. The van der Waals surface area contributed by atoms with Gasteiger partial charge in [-0.3, -0.25) is 4.98 Å². The highest BCUT2D eigenvalue weighted by Gasteiger charge is 2.11. The van der Waals surface area contributed by atoms with Gasteiger partial charge in [-0.15, -0.1) is 0 Å². The number of aryl methyl sites for hydroxylation is 2. The van der Waals surface area contributed by atoms with Crippen molar-refractivity contribution in [3.8, 4) is 11.4 Å². The van der Waals surface area contributed by atoms with E-state index in [1.54, 1.807) is 0 Å². The lowest BCUT2D eigenvalue weighted by atomic mass is 10.1. The highest BCUT2D eigenvalue weighted by atomic mass is 15.3. The van der Waals surface area contributed by atoms with Gasteiger partial charge in [0.25, 0.3) is 0 Å². The summed E-state index contributed by atoms with van der Waals surface area (Å²) in [5, 5.41) is 1.04. The van der Waals surface area contributed by atoms with Crippen molar-refractivity contribution in [2.45, 2.75) is 20.3 Å². The molecule has 0 saturated carbocycles. The van der Waals surface area contributed by atoms with Crippen LogP contribution in [0.1, 0.15) is 18.3 Å². The zero-order valence-electron chi connectivity index (χ0n) is 12.1. The number of hydrogen-bond donors (Lipinski definition) is 2. The molecule has 0 aliphatic heterocycles. The Hall–Kier alpha value is -2.53. The van der Waals surface area contributed by atoms with E-state index in [0.717, 1.165) is 34.3 Å². The number of nitrogens with zero attached hydrogens (tertiary/aromatic N) is 3. The van der Waals surface area contributed by atoms with Gasteiger partial charge in [0.1, 0.15) is 5.82 Å². The molecule has 2 aromatic heterocycles. The molecule has 0 unspecified atom stereocenters. The van der Waals surface area contributed by atoms with Gasteiger partial charge < -0.3 is 5.43 Å². The number of anilines is 1. The Bertz CT molecular complexity index is 776. The molecule has 5 nitrogen and oxygen atoms in total. The Balaban J connectivity index is 2.29. The van der Waals surface area contributed by atoms with Gasteiger partial charge in [-0.1, -0.05) is 25.1 Å². The van der Waals surface area contributed by atoms with Crippen LogP contribution in [0.15, 0.2) is 36.4 Å². The second kappa shape index (κ2) is 5.46. The number of nitrogens with one attached hydrogen (secondary N) is 1. The van der Waals surface area contributed by atoms with Crippen molar-refractivity contribution in [2.24, 2.45) is 5.84 Å². The number of nitrogen functional groups attached to an aromatic ring is 1. The van der Waals surface area contributed by atoms with Crippen molar-refractivity contribution >= 4 is 16.7 Å². The lowest BCUT2D eigenvalue weighted by molar-refractivity contribution is 1.00. The van der Waals surface area contributed by atoms with Crippen LogP contribution in [-0.4, -0.2) is 15.0 Å². The van der Waals surface area contributed by atoms with Crippen LogP contribution in [0.5, 0.6) is 0 Å². The number of pyridine rings is 1. The smallest absolute Gasteiger partial charge is 0.162 e. The summed E-state index contributed by atoms with van der Waals surface area (Å²) in [5.41, 5.74) is 6.42. The highest BCUT2D eigenvalue weighted by Crippen LogP contribution is 2.27.